The molecule has 1 fully saturated rings. The van der Waals surface area contributed by atoms with Crippen molar-refractivity contribution >= 4 is 23.3 Å². The summed E-state index contributed by atoms with van der Waals surface area (Å²) in [5.41, 5.74) is 0.0200. The molecular formula is C18H19F3N4O2S. The van der Waals surface area contributed by atoms with Gasteiger partial charge in [0.1, 0.15) is 4.88 Å². The van der Waals surface area contributed by atoms with E-state index in [9.17, 15) is 22.8 Å². The third-order valence-electron chi connectivity index (χ3n) is 4.59. The lowest BCUT2D eigenvalue weighted by Gasteiger charge is -2.25. The fraction of sp³-hybridized carbons (Fsp3) is 0.444. The van der Waals surface area contributed by atoms with Crippen LogP contribution in [0.2, 0.25) is 0 Å². The molecule has 6 nitrogen and oxygen atoms in total. The van der Waals surface area contributed by atoms with E-state index in [1.165, 1.54) is 12.1 Å². The number of halogens is 3. The number of nitrogens with zero attached hydrogens (tertiary/aromatic N) is 3. The van der Waals surface area contributed by atoms with Gasteiger partial charge in [0.05, 0.1) is 17.3 Å². The third-order valence-corrected chi connectivity index (χ3v) is 5.36. The van der Waals surface area contributed by atoms with Crippen LogP contribution in [0.3, 0.4) is 0 Å². The van der Waals surface area contributed by atoms with Crippen LogP contribution in [-0.2, 0) is 17.4 Å². The molecule has 0 spiro atoms. The second-order valence-corrected chi connectivity index (χ2v) is 7.25. The molecule has 1 aliphatic heterocycles. The maximum absolute atomic E-state index is 13.1. The first-order chi connectivity index (χ1) is 13.3. The van der Waals surface area contributed by atoms with Crippen molar-refractivity contribution < 1.29 is 22.8 Å². The molecule has 3 rings (SSSR count). The van der Waals surface area contributed by atoms with Gasteiger partial charge in [-0.1, -0.05) is 23.5 Å². The van der Waals surface area contributed by atoms with Crippen LogP contribution in [0, 0.1) is 0 Å². The SMILES string of the molecule is CCc1nnsc1C(=O)NC(CN1CCCC1=O)c1cccc(C(F)(F)F)c1. The predicted molar refractivity (Wildman–Crippen MR) is 96.8 cm³/mol. The monoisotopic (exact) mass is 412 g/mol. The molecule has 2 heterocycles. The van der Waals surface area contributed by atoms with Crippen LogP contribution in [0.1, 0.15) is 52.3 Å². The summed E-state index contributed by atoms with van der Waals surface area (Å²) in [4.78, 5) is 26.6. The summed E-state index contributed by atoms with van der Waals surface area (Å²) in [6.45, 7) is 2.47. The van der Waals surface area contributed by atoms with E-state index >= 15 is 0 Å². The van der Waals surface area contributed by atoms with Gasteiger partial charge in [-0.15, -0.1) is 5.10 Å². The first-order valence-corrected chi connectivity index (χ1v) is 9.64. The van der Waals surface area contributed by atoms with Crippen molar-refractivity contribution in [2.24, 2.45) is 0 Å². The fourth-order valence-electron chi connectivity index (χ4n) is 3.12. The fourth-order valence-corrected chi connectivity index (χ4v) is 3.77. The number of alkyl halides is 3. The smallest absolute Gasteiger partial charge is 0.343 e. The normalized spacial score (nSPS) is 15.7. The maximum atomic E-state index is 13.1. The van der Waals surface area contributed by atoms with E-state index in [0.29, 0.717) is 41.9 Å². The molecule has 1 atom stereocenters. The maximum Gasteiger partial charge on any atom is 0.416 e. The minimum Gasteiger partial charge on any atom is -0.343 e. The number of carbonyl (C=O) groups excluding carboxylic acids is 2. The number of benzene rings is 1. The Morgan fingerprint density at radius 2 is 2.18 bits per heavy atom. The zero-order chi connectivity index (χ0) is 20.3. The van der Waals surface area contributed by atoms with E-state index < -0.39 is 23.7 Å². The highest BCUT2D eigenvalue weighted by Gasteiger charge is 2.32. The number of aromatic nitrogens is 2. The Kier molecular flexibility index (Phi) is 5.97. The van der Waals surface area contributed by atoms with Crippen molar-refractivity contribution in [3.05, 3.63) is 46.0 Å². The number of nitrogens with one attached hydrogen (secondary N) is 1. The zero-order valence-corrected chi connectivity index (χ0v) is 15.9. The van der Waals surface area contributed by atoms with Crippen LogP contribution in [0.4, 0.5) is 13.2 Å². The Balaban J connectivity index is 1.89. The number of hydrogen-bond acceptors (Lipinski definition) is 5. The molecule has 0 saturated carbocycles. The lowest BCUT2D eigenvalue weighted by atomic mass is 10.0. The number of aryl methyl sites for hydroxylation is 1. The van der Waals surface area contributed by atoms with E-state index in [4.69, 9.17) is 0 Å². The standard InChI is InChI=1S/C18H19F3N4O2S/c1-2-13-16(28-24-23-13)17(27)22-14(10-25-8-4-7-15(25)26)11-5-3-6-12(9-11)18(19,20)21/h3,5-6,9,14H,2,4,7-8,10H2,1H3,(H,22,27). The number of likely N-dealkylation sites (tertiary alicyclic amines) is 1. The van der Waals surface area contributed by atoms with Gasteiger partial charge < -0.3 is 10.2 Å². The summed E-state index contributed by atoms with van der Waals surface area (Å²) in [6, 6.07) is 4.04. The molecular weight excluding hydrogens is 393 g/mol. The number of amides is 2. The molecule has 0 aliphatic carbocycles. The first kappa shape index (κ1) is 20.2. The highest BCUT2D eigenvalue weighted by atomic mass is 32.1. The summed E-state index contributed by atoms with van der Waals surface area (Å²) in [6.07, 6.45) is -2.88. The Morgan fingerprint density at radius 1 is 1.39 bits per heavy atom. The Bertz CT molecular complexity index is 869. The van der Waals surface area contributed by atoms with E-state index in [1.807, 2.05) is 6.92 Å². The molecule has 0 bridgehead atoms. The molecule has 1 aliphatic rings. The highest BCUT2D eigenvalue weighted by molar-refractivity contribution is 7.08. The molecule has 28 heavy (non-hydrogen) atoms. The lowest BCUT2D eigenvalue weighted by molar-refractivity contribution is -0.137. The van der Waals surface area contributed by atoms with Crippen LogP contribution < -0.4 is 5.32 Å². The Labute approximate surface area is 163 Å². The molecule has 10 heteroatoms. The van der Waals surface area contributed by atoms with Crippen molar-refractivity contribution in [3.8, 4) is 0 Å². The van der Waals surface area contributed by atoms with Gasteiger partial charge >= 0.3 is 6.18 Å². The van der Waals surface area contributed by atoms with E-state index in [1.54, 1.807) is 4.90 Å². The van der Waals surface area contributed by atoms with Gasteiger partial charge in [-0.2, -0.15) is 13.2 Å². The van der Waals surface area contributed by atoms with E-state index in [-0.39, 0.29) is 12.5 Å². The number of carbonyl (C=O) groups is 2. The largest absolute Gasteiger partial charge is 0.416 e. The van der Waals surface area contributed by atoms with Crippen molar-refractivity contribution in [1.82, 2.24) is 19.8 Å². The summed E-state index contributed by atoms with van der Waals surface area (Å²) in [5, 5.41) is 6.66. The van der Waals surface area contributed by atoms with Crippen LogP contribution in [0.25, 0.3) is 0 Å². The van der Waals surface area contributed by atoms with Gasteiger partial charge in [-0.25, -0.2) is 0 Å². The molecule has 0 radical (unpaired) electrons. The van der Waals surface area contributed by atoms with Gasteiger partial charge in [0.15, 0.2) is 0 Å². The van der Waals surface area contributed by atoms with Crippen LogP contribution in [-0.4, -0.2) is 39.4 Å². The zero-order valence-electron chi connectivity index (χ0n) is 15.1. The summed E-state index contributed by atoms with van der Waals surface area (Å²) in [5.74, 6) is -0.527. The Hall–Kier alpha value is -2.49. The average molecular weight is 412 g/mol. The van der Waals surface area contributed by atoms with Crippen LogP contribution >= 0.6 is 11.5 Å². The summed E-state index contributed by atoms with van der Waals surface area (Å²) < 4.78 is 43.1. The molecule has 1 unspecified atom stereocenters. The quantitative estimate of drug-likeness (QED) is 0.791. The molecule has 1 aromatic carbocycles. The topological polar surface area (TPSA) is 75.2 Å². The van der Waals surface area contributed by atoms with E-state index in [2.05, 4.69) is 14.9 Å². The average Bonchev–Trinajstić information content (AvgIpc) is 3.29. The summed E-state index contributed by atoms with van der Waals surface area (Å²) >= 11 is 0.936. The summed E-state index contributed by atoms with van der Waals surface area (Å²) in [7, 11) is 0. The molecule has 2 amide bonds. The van der Waals surface area contributed by atoms with Gasteiger partial charge in [-0.3, -0.25) is 9.59 Å². The van der Waals surface area contributed by atoms with Gasteiger partial charge in [0.25, 0.3) is 5.91 Å². The highest BCUT2D eigenvalue weighted by Crippen LogP contribution is 2.31. The molecule has 1 aromatic heterocycles. The minimum atomic E-state index is -4.50. The minimum absolute atomic E-state index is 0.0695. The molecule has 1 saturated heterocycles. The van der Waals surface area contributed by atoms with Crippen LogP contribution in [0.15, 0.2) is 24.3 Å². The number of hydrogen-bond donors (Lipinski definition) is 1. The second kappa shape index (κ2) is 8.26. The van der Waals surface area contributed by atoms with Crippen LogP contribution in [0.5, 0.6) is 0 Å². The molecule has 2 aromatic rings. The van der Waals surface area contributed by atoms with Gasteiger partial charge in [0.2, 0.25) is 5.91 Å². The third kappa shape index (κ3) is 4.49. The Morgan fingerprint density at radius 3 is 2.82 bits per heavy atom. The van der Waals surface area contributed by atoms with Crippen molar-refractivity contribution in [1.29, 1.82) is 0 Å². The first-order valence-electron chi connectivity index (χ1n) is 8.86. The molecule has 150 valence electrons. The molecule has 1 N–H and O–H groups in total. The van der Waals surface area contributed by atoms with Crippen molar-refractivity contribution in [2.45, 2.75) is 38.4 Å². The van der Waals surface area contributed by atoms with Crippen molar-refractivity contribution in [3.63, 3.8) is 0 Å². The second-order valence-electron chi connectivity index (χ2n) is 6.49. The van der Waals surface area contributed by atoms with Gasteiger partial charge in [-0.05, 0) is 42.1 Å². The predicted octanol–water partition coefficient (Wildman–Crippen LogP) is 3.21. The number of rotatable bonds is 6. The van der Waals surface area contributed by atoms with Crippen molar-refractivity contribution in [2.75, 3.05) is 13.1 Å². The van der Waals surface area contributed by atoms with E-state index in [0.717, 1.165) is 23.7 Å². The lowest BCUT2D eigenvalue weighted by Crippen LogP contribution is -2.38. The van der Waals surface area contributed by atoms with Gasteiger partial charge in [0, 0.05) is 19.5 Å².